The van der Waals surface area contributed by atoms with Crippen LogP contribution in [-0.2, 0) is 11.2 Å². The van der Waals surface area contributed by atoms with Crippen LogP contribution in [0.3, 0.4) is 0 Å². The normalized spacial score (nSPS) is 19.3. The van der Waals surface area contributed by atoms with Crippen LogP contribution < -0.4 is 9.64 Å². The Balaban J connectivity index is 1.16. The first kappa shape index (κ1) is 20.0. The van der Waals surface area contributed by atoms with Gasteiger partial charge in [0.2, 0.25) is 0 Å². The summed E-state index contributed by atoms with van der Waals surface area (Å²) in [6.07, 6.45) is 3.70. The number of hydrogen-bond donors (Lipinski definition) is 1. The molecule has 0 aliphatic carbocycles. The van der Waals surface area contributed by atoms with E-state index in [-0.39, 0.29) is 6.10 Å². The molecule has 0 spiro atoms. The molecule has 1 aromatic heterocycles. The van der Waals surface area contributed by atoms with Gasteiger partial charge < -0.3 is 14.4 Å². The van der Waals surface area contributed by atoms with Crippen molar-refractivity contribution >= 4 is 5.69 Å². The van der Waals surface area contributed by atoms with Gasteiger partial charge in [0.1, 0.15) is 12.1 Å². The largest absolute Gasteiger partial charge is 0.497 e. The van der Waals surface area contributed by atoms with Crippen LogP contribution in [-0.4, -0.2) is 66.5 Å². The molecular formula is C24H29N5O2. The third-order valence-corrected chi connectivity index (χ3v) is 6.39. The fraction of sp³-hybridized carbons (Fsp3) is 0.417. The lowest BCUT2D eigenvalue weighted by atomic mass is 9.93. The Morgan fingerprint density at radius 2 is 1.94 bits per heavy atom. The van der Waals surface area contributed by atoms with E-state index < -0.39 is 0 Å². The van der Waals surface area contributed by atoms with Gasteiger partial charge in [-0.2, -0.15) is 5.10 Å². The summed E-state index contributed by atoms with van der Waals surface area (Å²) >= 11 is 0. The van der Waals surface area contributed by atoms with Gasteiger partial charge in [0.25, 0.3) is 0 Å². The summed E-state index contributed by atoms with van der Waals surface area (Å²) in [6, 6.07) is 14.9. The van der Waals surface area contributed by atoms with Gasteiger partial charge in [-0.1, -0.05) is 12.1 Å². The number of benzene rings is 2. The van der Waals surface area contributed by atoms with Crippen molar-refractivity contribution in [1.29, 1.82) is 0 Å². The summed E-state index contributed by atoms with van der Waals surface area (Å²) in [6.45, 7) is 6.10. The molecule has 162 valence electrons. The fourth-order valence-electron chi connectivity index (χ4n) is 4.59. The van der Waals surface area contributed by atoms with E-state index in [0.29, 0.717) is 0 Å². The van der Waals surface area contributed by atoms with E-state index in [1.54, 1.807) is 13.4 Å². The van der Waals surface area contributed by atoms with Crippen LogP contribution in [0.25, 0.3) is 11.4 Å². The van der Waals surface area contributed by atoms with Crippen LogP contribution in [0.2, 0.25) is 0 Å². The molecule has 2 aromatic carbocycles. The van der Waals surface area contributed by atoms with E-state index in [9.17, 15) is 0 Å². The van der Waals surface area contributed by atoms with E-state index in [1.165, 1.54) is 16.8 Å². The number of nitrogens with zero attached hydrogens (tertiary/aromatic N) is 4. The minimum Gasteiger partial charge on any atom is -0.497 e. The van der Waals surface area contributed by atoms with Gasteiger partial charge in [-0.15, -0.1) is 0 Å². The Morgan fingerprint density at radius 3 is 2.68 bits per heavy atom. The summed E-state index contributed by atoms with van der Waals surface area (Å²) in [5.74, 6) is 1.73. The maximum Gasteiger partial charge on any atom is 0.155 e. The molecule has 0 bridgehead atoms. The zero-order chi connectivity index (χ0) is 21.0. The van der Waals surface area contributed by atoms with Gasteiger partial charge in [0, 0.05) is 44.0 Å². The molecule has 1 N–H and O–H groups in total. The molecule has 1 saturated heterocycles. The molecule has 2 aliphatic rings. The molecule has 31 heavy (non-hydrogen) atoms. The minimum atomic E-state index is 0.173. The van der Waals surface area contributed by atoms with Gasteiger partial charge >= 0.3 is 0 Å². The number of aromatic amines is 1. The molecule has 1 unspecified atom stereocenters. The van der Waals surface area contributed by atoms with E-state index in [0.717, 1.165) is 69.3 Å². The highest BCUT2D eigenvalue weighted by atomic mass is 16.5. The molecule has 2 aliphatic heterocycles. The van der Waals surface area contributed by atoms with Crippen molar-refractivity contribution in [3.8, 4) is 17.1 Å². The monoisotopic (exact) mass is 419 g/mol. The van der Waals surface area contributed by atoms with Crippen LogP contribution in [0.4, 0.5) is 5.69 Å². The molecule has 7 nitrogen and oxygen atoms in total. The Morgan fingerprint density at radius 1 is 1.10 bits per heavy atom. The van der Waals surface area contributed by atoms with Crippen molar-refractivity contribution in [2.75, 3.05) is 51.3 Å². The number of rotatable bonds is 6. The highest BCUT2D eigenvalue weighted by molar-refractivity contribution is 5.57. The van der Waals surface area contributed by atoms with Crippen LogP contribution >= 0.6 is 0 Å². The summed E-state index contributed by atoms with van der Waals surface area (Å²) in [5, 5.41) is 6.92. The second kappa shape index (κ2) is 9.08. The van der Waals surface area contributed by atoms with Gasteiger partial charge in [-0.3, -0.25) is 10.00 Å². The van der Waals surface area contributed by atoms with Crippen molar-refractivity contribution in [3.63, 3.8) is 0 Å². The SMILES string of the molecule is COc1ccc(N2CCN(CCC3OCCc4cc(-c5ncn[nH]5)ccc43)CC2)cc1. The van der Waals surface area contributed by atoms with E-state index >= 15 is 0 Å². The number of anilines is 1. The number of fused-ring (bicyclic) bond motifs is 1. The zero-order valence-electron chi connectivity index (χ0n) is 18.0. The summed E-state index contributed by atoms with van der Waals surface area (Å²) in [7, 11) is 1.71. The molecule has 0 saturated carbocycles. The topological polar surface area (TPSA) is 66.5 Å². The Labute approximate surface area is 183 Å². The molecule has 1 fully saturated rings. The molecular weight excluding hydrogens is 390 g/mol. The summed E-state index contributed by atoms with van der Waals surface area (Å²) in [5.41, 5.74) is 5.06. The van der Waals surface area contributed by atoms with Crippen molar-refractivity contribution in [2.45, 2.75) is 18.9 Å². The Bertz CT molecular complexity index is 982. The molecule has 1 atom stereocenters. The molecule has 5 rings (SSSR count). The number of hydrogen-bond acceptors (Lipinski definition) is 6. The smallest absolute Gasteiger partial charge is 0.155 e. The lowest BCUT2D eigenvalue weighted by molar-refractivity contribution is 0.0289. The predicted molar refractivity (Wildman–Crippen MR) is 120 cm³/mol. The maximum absolute atomic E-state index is 6.15. The Hall–Kier alpha value is -2.90. The van der Waals surface area contributed by atoms with Gasteiger partial charge in [0.05, 0.1) is 19.8 Å². The average molecular weight is 420 g/mol. The van der Waals surface area contributed by atoms with Crippen LogP contribution in [0, 0.1) is 0 Å². The number of piperazine rings is 1. The van der Waals surface area contributed by atoms with Crippen molar-refractivity contribution in [2.24, 2.45) is 0 Å². The van der Waals surface area contributed by atoms with Crippen LogP contribution in [0.5, 0.6) is 5.75 Å². The molecule has 3 heterocycles. The zero-order valence-corrected chi connectivity index (χ0v) is 18.0. The second-order valence-corrected chi connectivity index (χ2v) is 8.17. The van der Waals surface area contributed by atoms with E-state index in [2.05, 4.69) is 55.3 Å². The Kier molecular flexibility index (Phi) is 5.86. The lowest BCUT2D eigenvalue weighted by Crippen LogP contribution is -2.46. The quantitative estimate of drug-likeness (QED) is 0.661. The van der Waals surface area contributed by atoms with Crippen molar-refractivity contribution < 1.29 is 9.47 Å². The molecule has 0 amide bonds. The van der Waals surface area contributed by atoms with Gasteiger partial charge in [0.15, 0.2) is 5.82 Å². The maximum atomic E-state index is 6.15. The van der Waals surface area contributed by atoms with Crippen molar-refractivity contribution in [3.05, 3.63) is 59.9 Å². The number of aromatic nitrogens is 3. The summed E-state index contributed by atoms with van der Waals surface area (Å²) < 4.78 is 11.4. The molecule has 7 heteroatoms. The fourth-order valence-corrected chi connectivity index (χ4v) is 4.59. The van der Waals surface area contributed by atoms with Crippen molar-refractivity contribution in [1.82, 2.24) is 20.1 Å². The van der Waals surface area contributed by atoms with Crippen LogP contribution in [0.1, 0.15) is 23.7 Å². The number of H-pyrrole nitrogens is 1. The first-order chi connectivity index (χ1) is 15.3. The van der Waals surface area contributed by atoms with Crippen LogP contribution in [0.15, 0.2) is 48.8 Å². The van der Waals surface area contributed by atoms with Gasteiger partial charge in [-0.25, -0.2) is 4.98 Å². The third-order valence-electron chi connectivity index (χ3n) is 6.39. The molecule has 3 aromatic rings. The molecule has 0 radical (unpaired) electrons. The first-order valence-electron chi connectivity index (χ1n) is 11.0. The lowest BCUT2D eigenvalue weighted by Gasteiger charge is -2.37. The average Bonchev–Trinajstić information content (AvgIpc) is 3.38. The summed E-state index contributed by atoms with van der Waals surface area (Å²) in [4.78, 5) is 9.28. The third kappa shape index (κ3) is 4.43. The van der Waals surface area contributed by atoms with Gasteiger partial charge in [-0.05, 0) is 54.3 Å². The highest BCUT2D eigenvalue weighted by Crippen LogP contribution is 2.32. The second-order valence-electron chi connectivity index (χ2n) is 8.17. The van der Waals surface area contributed by atoms with E-state index in [1.807, 2.05) is 12.1 Å². The highest BCUT2D eigenvalue weighted by Gasteiger charge is 2.24. The number of nitrogens with one attached hydrogen (secondary N) is 1. The number of methoxy groups -OCH3 is 1. The number of ether oxygens (including phenoxy) is 2. The minimum absolute atomic E-state index is 0.173. The predicted octanol–water partition coefficient (Wildman–Crippen LogP) is 3.31. The van der Waals surface area contributed by atoms with E-state index in [4.69, 9.17) is 9.47 Å². The standard InChI is InChI=1S/C24H29N5O2/c1-30-21-5-3-20(4-6-21)29-13-11-28(12-14-29)10-8-23-22-7-2-19(24-25-17-26-27-24)16-18(22)9-15-31-23/h2-7,16-17,23H,8-15H2,1H3,(H,25,26,27). The first-order valence-corrected chi connectivity index (χ1v) is 11.0.